The second-order valence-electron chi connectivity index (χ2n) is 4.93. The van der Waals surface area contributed by atoms with Crippen molar-refractivity contribution < 1.29 is 22.8 Å². The molecule has 0 aromatic heterocycles. The first-order chi connectivity index (χ1) is 9.54. The quantitative estimate of drug-likeness (QED) is 0.609. The SMILES string of the molecule is Cc1cc(F)c([N+](=O)[O-])cc1S(=O)(=O)NC(C)CC(C)O. The predicted octanol–water partition coefficient (Wildman–Crippen LogP) is 1.48. The highest BCUT2D eigenvalue weighted by Gasteiger charge is 2.25. The van der Waals surface area contributed by atoms with E-state index in [1.54, 1.807) is 6.92 Å². The third kappa shape index (κ3) is 4.45. The van der Waals surface area contributed by atoms with Gasteiger partial charge in [0.15, 0.2) is 0 Å². The number of hydrogen-bond donors (Lipinski definition) is 2. The summed E-state index contributed by atoms with van der Waals surface area (Å²) in [5.74, 6) is -1.09. The van der Waals surface area contributed by atoms with E-state index in [1.807, 2.05) is 0 Å². The standard InChI is InChI=1S/C12H17FN2O5S/c1-7-4-10(13)11(15(17)18)6-12(7)21(19,20)14-8(2)5-9(3)16/h4,6,8-9,14,16H,5H2,1-3H3. The van der Waals surface area contributed by atoms with E-state index in [2.05, 4.69) is 4.72 Å². The Kier molecular flexibility index (Phi) is 5.37. The van der Waals surface area contributed by atoms with E-state index in [1.165, 1.54) is 13.8 Å². The van der Waals surface area contributed by atoms with Crippen molar-refractivity contribution in [2.75, 3.05) is 0 Å². The Morgan fingerprint density at radius 2 is 2.00 bits per heavy atom. The Morgan fingerprint density at radius 1 is 1.43 bits per heavy atom. The number of halogens is 1. The first-order valence-electron chi connectivity index (χ1n) is 6.19. The second kappa shape index (κ2) is 6.46. The van der Waals surface area contributed by atoms with Crippen molar-refractivity contribution in [2.24, 2.45) is 0 Å². The van der Waals surface area contributed by atoms with Crippen molar-refractivity contribution in [2.45, 2.75) is 44.2 Å². The summed E-state index contributed by atoms with van der Waals surface area (Å²) < 4.78 is 40.1. The first kappa shape index (κ1) is 17.5. The number of rotatable bonds is 6. The molecule has 0 aliphatic heterocycles. The zero-order valence-electron chi connectivity index (χ0n) is 11.8. The number of nitro benzene ring substituents is 1. The van der Waals surface area contributed by atoms with Crippen molar-refractivity contribution in [3.63, 3.8) is 0 Å². The summed E-state index contributed by atoms with van der Waals surface area (Å²) in [7, 11) is -4.04. The molecule has 1 aromatic carbocycles. The number of aliphatic hydroxyl groups is 1. The van der Waals surface area contributed by atoms with Crippen LogP contribution in [0.5, 0.6) is 0 Å². The summed E-state index contributed by atoms with van der Waals surface area (Å²) in [6.45, 7) is 4.41. The maximum atomic E-state index is 13.4. The van der Waals surface area contributed by atoms with Gasteiger partial charge in [0, 0.05) is 12.1 Å². The molecule has 9 heteroatoms. The highest BCUT2D eigenvalue weighted by Crippen LogP contribution is 2.25. The highest BCUT2D eigenvalue weighted by atomic mass is 32.2. The van der Waals surface area contributed by atoms with Gasteiger partial charge in [0.2, 0.25) is 15.8 Å². The number of sulfonamides is 1. The molecule has 2 atom stereocenters. The van der Waals surface area contributed by atoms with Crippen LogP contribution in [0, 0.1) is 22.9 Å². The van der Waals surface area contributed by atoms with Crippen LogP contribution in [0.3, 0.4) is 0 Å². The topological polar surface area (TPSA) is 110 Å². The maximum absolute atomic E-state index is 13.4. The fraction of sp³-hybridized carbons (Fsp3) is 0.500. The Hall–Kier alpha value is -1.58. The zero-order valence-corrected chi connectivity index (χ0v) is 12.6. The van der Waals surface area contributed by atoms with Crippen LogP contribution in [0.15, 0.2) is 17.0 Å². The van der Waals surface area contributed by atoms with Gasteiger partial charge in [-0.3, -0.25) is 10.1 Å². The third-order valence-electron chi connectivity index (χ3n) is 2.78. The minimum atomic E-state index is -4.04. The zero-order chi connectivity index (χ0) is 16.4. The van der Waals surface area contributed by atoms with Crippen molar-refractivity contribution in [1.29, 1.82) is 0 Å². The third-order valence-corrected chi connectivity index (χ3v) is 4.51. The molecule has 7 nitrogen and oxygen atoms in total. The predicted molar refractivity (Wildman–Crippen MR) is 73.9 cm³/mol. The van der Waals surface area contributed by atoms with Gasteiger partial charge in [0.1, 0.15) is 0 Å². The number of nitrogens with one attached hydrogen (secondary N) is 1. The van der Waals surface area contributed by atoms with Crippen molar-refractivity contribution in [3.05, 3.63) is 33.6 Å². The molecule has 118 valence electrons. The van der Waals surface area contributed by atoms with Gasteiger partial charge in [-0.15, -0.1) is 0 Å². The molecule has 0 bridgehead atoms. The molecular weight excluding hydrogens is 303 g/mol. The molecule has 1 rings (SSSR count). The fourth-order valence-corrected chi connectivity index (χ4v) is 3.46. The lowest BCUT2D eigenvalue weighted by molar-refractivity contribution is -0.387. The number of aliphatic hydroxyl groups excluding tert-OH is 1. The van der Waals surface area contributed by atoms with Gasteiger partial charge in [-0.2, -0.15) is 4.39 Å². The van der Waals surface area contributed by atoms with Gasteiger partial charge in [-0.05, 0) is 38.8 Å². The average molecular weight is 320 g/mol. The van der Waals surface area contributed by atoms with E-state index in [0.29, 0.717) is 6.07 Å². The molecule has 0 heterocycles. The lowest BCUT2D eigenvalue weighted by Crippen LogP contribution is -2.35. The summed E-state index contributed by atoms with van der Waals surface area (Å²) >= 11 is 0. The van der Waals surface area contributed by atoms with Crippen LogP contribution in [0.1, 0.15) is 25.8 Å². The molecule has 2 N–H and O–H groups in total. The summed E-state index contributed by atoms with van der Waals surface area (Å²) in [6.07, 6.45) is -0.520. The molecule has 0 aliphatic rings. The Balaban J connectivity index is 3.19. The van der Waals surface area contributed by atoms with Crippen LogP contribution < -0.4 is 4.72 Å². The lowest BCUT2D eigenvalue weighted by atomic mass is 10.2. The summed E-state index contributed by atoms with van der Waals surface area (Å²) in [4.78, 5) is 9.36. The fourth-order valence-electron chi connectivity index (χ4n) is 1.96. The van der Waals surface area contributed by atoms with E-state index < -0.39 is 38.6 Å². The number of hydrogen-bond acceptors (Lipinski definition) is 5. The van der Waals surface area contributed by atoms with Gasteiger partial charge >= 0.3 is 5.69 Å². The van der Waals surface area contributed by atoms with Crippen molar-refractivity contribution in [3.8, 4) is 0 Å². The lowest BCUT2D eigenvalue weighted by Gasteiger charge is -2.16. The number of aryl methyl sites for hydroxylation is 1. The van der Waals surface area contributed by atoms with Crippen LogP contribution >= 0.6 is 0 Å². The largest absolute Gasteiger partial charge is 0.393 e. The molecule has 0 saturated heterocycles. The summed E-state index contributed by atoms with van der Waals surface area (Å²) in [5, 5.41) is 19.9. The Labute approximate surface area is 122 Å². The minimum Gasteiger partial charge on any atom is -0.393 e. The van der Waals surface area contributed by atoms with Crippen molar-refractivity contribution >= 4 is 15.7 Å². The van der Waals surface area contributed by atoms with E-state index in [4.69, 9.17) is 0 Å². The number of benzene rings is 1. The van der Waals surface area contributed by atoms with Gasteiger partial charge in [0.05, 0.1) is 15.9 Å². The van der Waals surface area contributed by atoms with Crippen LogP contribution in [-0.4, -0.2) is 30.6 Å². The highest BCUT2D eigenvalue weighted by molar-refractivity contribution is 7.89. The number of nitrogens with zero attached hydrogens (tertiary/aromatic N) is 1. The number of nitro groups is 1. The monoisotopic (exact) mass is 320 g/mol. The van der Waals surface area contributed by atoms with Crippen LogP contribution in [0.4, 0.5) is 10.1 Å². The maximum Gasteiger partial charge on any atom is 0.306 e. The van der Waals surface area contributed by atoms with Gasteiger partial charge in [-0.25, -0.2) is 13.1 Å². The molecule has 0 radical (unpaired) electrons. The van der Waals surface area contributed by atoms with E-state index in [9.17, 15) is 28.0 Å². The second-order valence-corrected chi connectivity index (χ2v) is 6.62. The van der Waals surface area contributed by atoms with E-state index in [-0.39, 0.29) is 16.9 Å². The van der Waals surface area contributed by atoms with Gasteiger partial charge in [0.25, 0.3) is 0 Å². The summed E-state index contributed by atoms with van der Waals surface area (Å²) in [5.41, 5.74) is -0.834. The molecule has 0 aliphatic carbocycles. The van der Waals surface area contributed by atoms with Crippen LogP contribution in [0.2, 0.25) is 0 Å². The normalized spacial score (nSPS) is 14.7. The van der Waals surface area contributed by atoms with Crippen molar-refractivity contribution in [1.82, 2.24) is 4.72 Å². The Morgan fingerprint density at radius 3 is 2.48 bits per heavy atom. The molecule has 2 unspecified atom stereocenters. The average Bonchev–Trinajstić information content (AvgIpc) is 2.25. The van der Waals surface area contributed by atoms with E-state index in [0.717, 1.165) is 6.07 Å². The van der Waals surface area contributed by atoms with Gasteiger partial charge < -0.3 is 5.11 Å². The van der Waals surface area contributed by atoms with E-state index >= 15 is 0 Å². The molecule has 21 heavy (non-hydrogen) atoms. The Bertz CT molecular complexity index is 645. The van der Waals surface area contributed by atoms with Gasteiger partial charge in [-0.1, -0.05) is 0 Å². The molecule has 1 aromatic rings. The van der Waals surface area contributed by atoms with Crippen LogP contribution in [0.25, 0.3) is 0 Å². The first-order valence-corrected chi connectivity index (χ1v) is 7.68. The molecule has 0 fully saturated rings. The molecule has 0 saturated carbocycles. The smallest absolute Gasteiger partial charge is 0.306 e. The summed E-state index contributed by atoms with van der Waals surface area (Å²) in [6, 6.07) is 0.937. The minimum absolute atomic E-state index is 0.0647. The molecule has 0 amide bonds. The van der Waals surface area contributed by atoms with Crippen LogP contribution in [-0.2, 0) is 10.0 Å². The molecule has 0 spiro atoms. The molecular formula is C12H17FN2O5S.